The maximum atomic E-state index is 12.8. The third-order valence-corrected chi connectivity index (χ3v) is 4.89. The number of hydrogen-bond donors (Lipinski definition) is 1. The normalized spacial score (nSPS) is 18.0. The molecule has 0 bridgehead atoms. The van der Waals surface area contributed by atoms with E-state index in [4.69, 9.17) is 9.47 Å². The average Bonchev–Trinajstić information content (AvgIpc) is 3.06. The molecule has 0 saturated carbocycles. The van der Waals surface area contributed by atoms with Crippen LogP contribution in [0.3, 0.4) is 0 Å². The minimum atomic E-state index is -0.154. The highest BCUT2D eigenvalue weighted by Gasteiger charge is 2.32. The van der Waals surface area contributed by atoms with Crippen LogP contribution in [0.1, 0.15) is 24.8 Å². The number of nitrogens with zero attached hydrogens (tertiary/aromatic N) is 1. The number of anilines is 1. The lowest BCUT2D eigenvalue weighted by molar-refractivity contribution is -0.118. The molecule has 1 N–H and O–H groups in total. The largest absolute Gasteiger partial charge is 0.497 e. The lowest BCUT2D eigenvalue weighted by atomic mass is 10.0. The first-order valence-electron chi connectivity index (χ1n) is 8.95. The Kier molecular flexibility index (Phi) is 5.78. The Bertz CT molecular complexity index is 726. The van der Waals surface area contributed by atoms with Gasteiger partial charge in [-0.05, 0) is 17.9 Å². The van der Waals surface area contributed by atoms with Crippen LogP contribution in [0.15, 0.2) is 48.5 Å². The molecule has 1 aliphatic rings. The van der Waals surface area contributed by atoms with Gasteiger partial charge in [0.2, 0.25) is 5.91 Å². The number of hydrogen-bond acceptors (Lipinski definition) is 4. The molecule has 5 heteroatoms. The highest BCUT2D eigenvalue weighted by Crippen LogP contribution is 2.31. The number of methoxy groups -OCH3 is 2. The van der Waals surface area contributed by atoms with Crippen molar-refractivity contribution >= 4 is 11.6 Å². The molecule has 1 heterocycles. The van der Waals surface area contributed by atoms with Crippen molar-refractivity contribution in [1.29, 1.82) is 0 Å². The van der Waals surface area contributed by atoms with Crippen molar-refractivity contribution in [2.75, 3.05) is 32.2 Å². The van der Waals surface area contributed by atoms with E-state index in [-0.39, 0.29) is 11.9 Å². The summed E-state index contributed by atoms with van der Waals surface area (Å²) in [5.74, 6) is 1.82. The fourth-order valence-corrected chi connectivity index (χ4v) is 3.29. The molecular weight excluding hydrogens is 328 g/mol. The van der Waals surface area contributed by atoms with E-state index in [9.17, 15) is 4.79 Å². The third kappa shape index (κ3) is 3.99. The fourth-order valence-electron chi connectivity index (χ4n) is 3.29. The number of benzene rings is 2. The van der Waals surface area contributed by atoms with Gasteiger partial charge in [0.15, 0.2) is 0 Å². The Balaban J connectivity index is 1.65. The number of carbonyl (C=O) groups excluding carboxylic acids is 1. The molecule has 5 nitrogen and oxygen atoms in total. The van der Waals surface area contributed by atoms with E-state index in [0.29, 0.717) is 24.0 Å². The molecule has 138 valence electrons. The van der Waals surface area contributed by atoms with Crippen molar-refractivity contribution in [3.63, 3.8) is 0 Å². The number of carbonyl (C=O) groups is 1. The summed E-state index contributed by atoms with van der Waals surface area (Å²) < 4.78 is 10.6. The van der Waals surface area contributed by atoms with Gasteiger partial charge in [0.25, 0.3) is 0 Å². The fraction of sp³-hybridized carbons (Fsp3) is 0.381. The third-order valence-electron chi connectivity index (χ3n) is 4.89. The summed E-state index contributed by atoms with van der Waals surface area (Å²) in [5.41, 5.74) is 2.09. The summed E-state index contributed by atoms with van der Waals surface area (Å²) in [6, 6.07) is 15.7. The molecule has 2 atom stereocenters. The van der Waals surface area contributed by atoms with Gasteiger partial charge in [0.05, 0.1) is 25.9 Å². The van der Waals surface area contributed by atoms with Crippen LogP contribution < -0.4 is 19.7 Å². The van der Waals surface area contributed by atoms with E-state index in [2.05, 4.69) is 24.4 Å². The smallest absolute Gasteiger partial charge is 0.244 e. The van der Waals surface area contributed by atoms with E-state index in [0.717, 1.165) is 18.7 Å². The lowest BCUT2D eigenvalue weighted by Gasteiger charge is -2.20. The van der Waals surface area contributed by atoms with Gasteiger partial charge < -0.3 is 19.7 Å². The topological polar surface area (TPSA) is 50.8 Å². The summed E-state index contributed by atoms with van der Waals surface area (Å²) in [6.07, 6.45) is 0.792. The van der Waals surface area contributed by atoms with Crippen LogP contribution in [0.5, 0.6) is 11.5 Å². The highest BCUT2D eigenvalue weighted by atomic mass is 16.5. The number of amides is 1. The van der Waals surface area contributed by atoms with Gasteiger partial charge in [-0.1, -0.05) is 37.3 Å². The summed E-state index contributed by atoms with van der Waals surface area (Å²) >= 11 is 0. The zero-order valence-corrected chi connectivity index (χ0v) is 15.6. The van der Waals surface area contributed by atoms with Gasteiger partial charge in [-0.2, -0.15) is 0 Å². The maximum Gasteiger partial charge on any atom is 0.244 e. The molecule has 2 aromatic rings. The molecule has 3 rings (SSSR count). The summed E-state index contributed by atoms with van der Waals surface area (Å²) in [6.45, 7) is 3.63. The zero-order chi connectivity index (χ0) is 18.5. The van der Waals surface area contributed by atoms with Crippen LogP contribution in [0.2, 0.25) is 0 Å². The van der Waals surface area contributed by atoms with Crippen molar-refractivity contribution in [3.8, 4) is 11.5 Å². The quantitative estimate of drug-likeness (QED) is 0.830. The van der Waals surface area contributed by atoms with Crippen LogP contribution in [0.25, 0.3) is 0 Å². The first-order valence-corrected chi connectivity index (χ1v) is 8.95. The molecule has 26 heavy (non-hydrogen) atoms. The molecule has 1 fully saturated rings. The van der Waals surface area contributed by atoms with Crippen molar-refractivity contribution in [3.05, 3.63) is 54.1 Å². The molecule has 0 aliphatic carbocycles. The van der Waals surface area contributed by atoms with E-state index < -0.39 is 0 Å². The van der Waals surface area contributed by atoms with Crippen molar-refractivity contribution in [1.82, 2.24) is 5.32 Å². The highest BCUT2D eigenvalue weighted by molar-refractivity contribution is 5.99. The van der Waals surface area contributed by atoms with Crippen LogP contribution in [-0.4, -0.2) is 39.3 Å². The van der Waals surface area contributed by atoms with Gasteiger partial charge >= 0.3 is 0 Å². The van der Waals surface area contributed by atoms with Gasteiger partial charge in [-0.3, -0.25) is 4.79 Å². The Morgan fingerprint density at radius 2 is 1.77 bits per heavy atom. The molecule has 1 aliphatic heterocycles. The second-order valence-electron chi connectivity index (χ2n) is 6.62. The van der Waals surface area contributed by atoms with E-state index in [1.807, 2.05) is 30.3 Å². The Hall–Kier alpha value is -2.53. The minimum Gasteiger partial charge on any atom is -0.497 e. The minimum absolute atomic E-state index is 0.0977. The lowest BCUT2D eigenvalue weighted by Crippen LogP contribution is -2.39. The number of nitrogens with one attached hydrogen (secondary N) is 1. The van der Waals surface area contributed by atoms with E-state index in [1.165, 1.54) is 5.56 Å². The monoisotopic (exact) mass is 354 g/mol. The van der Waals surface area contributed by atoms with E-state index in [1.54, 1.807) is 25.2 Å². The molecule has 2 unspecified atom stereocenters. The summed E-state index contributed by atoms with van der Waals surface area (Å²) in [5, 5.41) is 3.43. The standard InChI is InChI=1S/C21H26N2O3/c1-15(16-7-5-4-6-8-16)14-22-20-9-10-23(21(20)24)17-11-18(25-2)13-19(12-17)26-3/h4-8,11-13,15,20,22H,9-10,14H2,1-3H3. The predicted molar refractivity (Wildman–Crippen MR) is 103 cm³/mol. The van der Waals surface area contributed by atoms with Gasteiger partial charge in [0, 0.05) is 31.3 Å². The first-order chi connectivity index (χ1) is 12.6. The molecule has 0 radical (unpaired) electrons. The van der Waals surface area contributed by atoms with Crippen LogP contribution in [0.4, 0.5) is 5.69 Å². The van der Waals surface area contributed by atoms with Crippen LogP contribution in [-0.2, 0) is 4.79 Å². The van der Waals surface area contributed by atoms with Crippen LogP contribution >= 0.6 is 0 Å². The molecule has 0 spiro atoms. The molecule has 1 saturated heterocycles. The number of rotatable bonds is 7. The summed E-state index contributed by atoms with van der Waals surface area (Å²) in [4.78, 5) is 14.6. The van der Waals surface area contributed by atoms with Crippen molar-refractivity contribution in [2.45, 2.75) is 25.3 Å². The molecule has 0 aromatic heterocycles. The average molecular weight is 354 g/mol. The molecular formula is C21H26N2O3. The van der Waals surface area contributed by atoms with Gasteiger partial charge in [-0.25, -0.2) is 0 Å². The van der Waals surface area contributed by atoms with Gasteiger partial charge in [0.1, 0.15) is 11.5 Å². The van der Waals surface area contributed by atoms with Crippen molar-refractivity contribution < 1.29 is 14.3 Å². The van der Waals surface area contributed by atoms with Crippen molar-refractivity contribution in [2.24, 2.45) is 0 Å². The van der Waals surface area contributed by atoms with Crippen LogP contribution in [0, 0.1) is 0 Å². The SMILES string of the molecule is COc1cc(OC)cc(N2CCC(NCC(C)c3ccccc3)C2=O)c1. The first kappa shape index (κ1) is 18.3. The molecule has 2 aromatic carbocycles. The Morgan fingerprint density at radius 3 is 2.38 bits per heavy atom. The molecule has 1 amide bonds. The Morgan fingerprint density at radius 1 is 1.12 bits per heavy atom. The predicted octanol–water partition coefficient (Wildman–Crippen LogP) is 3.20. The summed E-state index contributed by atoms with van der Waals surface area (Å²) in [7, 11) is 3.22. The Labute approximate surface area is 154 Å². The van der Waals surface area contributed by atoms with E-state index >= 15 is 0 Å². The zero-order valence-electron chi connectivity index (χ0n) is 15.6. The second kappa shape index (κ2) is 8.23. The van der Waals surface area contributed by atoms with Gasteiger partial charge in [-0.15, -0.1) is 0 Å². The maximum absolute atomic E-state index is 12.8. The second-order valence-corrected chi connectivity index (χ2v) is 6.62. The number of ether oxygens (including phenoxy) is 2.